The van der Waals surface area contributed by atoms with E-state index in [9.17, 15) is 15.0 Å². The zero-order chi connectivity index (χ0) is 33.0. The van der Waals surface area contributed by atoms with E-state index in [0.29, 0.717) is 42.6 Å². The lowest BCUT2D eigenvalue weighted by Gasteiger charge is -2.22. The van der Waals surface area contributed by atoms with Gasteiger partial charge in [0.1, 0.15) is 12.2 Å². The third-order valence-corrected chi connectivity index (χ3v) is 8.93. The third kappa shape index (κ3) is 6.39. The molecule has 7 rings (SSSR count). The van der Waals surface area contributed by atoms with E-state index in [1.54, 1.807) is 23.9 Å². The minimum atomic E-state index is -1.42. The SMILES string of the molecule is CCNC(=O)[C@H]1O[C@@H](n2cnc3c(NCC(c4ccccc4)c4ccccc4)nc(N4CC[C@H](Nc5ccncc5)C4)nc32)[C@H](O)[C@@H]1O. The summed E-state index contributed by atoms with van der Waals surface area (Å²) in [6.07, 6.45) is 0.776. The first kappa shape index (κ1) is 31.5. The molecule has 2 aliphatic heterocycles. The van der Waals surface area contributed by atoms with Gasteiger partial charge in [-0.3, -0.25) is 14.3 Å². The molecule has 0 bridgehead atoms. The summed E-state index contributed by atoms with van der Waals surface area (Å²) in [5.41, 5.74) is 4.20. The van der Waals surface area contributed by atoms with E-state index < -0.39 is 30.4 Å². The van der Waals surface area contributed by atoms with Gasteiger partial charge in [-0.05, 0) is 36.6 Å². The number of anilines is 3. The lowest BCUT2D eigenvalue weighted by Crippen LogP contribution is -2.42. The van der Waals surface area contributed by atoms with Crippen molar-refractivity contribution < 1.29 is 19.7 Å². The van der Waals surface area contributed by atoms with E-state index in [4.69, 9.17) is 14.7 Å². The molecular weight excluding hydrogens is 610 g/mol. The van der Waals surface area contributed by atoms with Crippen molar-refractivity contribution in [2.24, 2.45) is 0 Å². The van der Waals surface area contributed by atoms with Gasteiger partial charge in [0.15, 0.2) is 29.3 Å². The Kier molecular flexibility index (Phi) is 9.14. The third-order valence-electron chi connectivity index (χ3n) is 8.93. The molecule has 2 aliphatic rings. The maximum Gasteiger partial charge on any atom is 0.252 e. The summed E-state index contributed by atoms with van der Waals surface area (Å²) in [7, 11) is 0. The number of hydrogen-bond donors (Lipinski definition) is 5. The standard InChI is InChI=1S/C35H39N9O4/c1-2-37-33(47)30-28(45)29(46)34(48-30)44-21-39-27-31(38-19-26(22-9-5-3-6-10-22)23-11-7-4-8-12-23)41-35(42-32(27)44)43-18-15-25(20-43)40-24-13-16-36-17-14-24/h3-14,16-17,21,25-26,28-30,34,45-46H,2,15,18-20H2,1H3,(H,36,40)(H,37,47)(H,38,41,42)/t25-,28-,29+,30-,34+/m0/s1. The maximum atomic E-state index is 12.6. The van der Waals surface area contributed by atoms with Crippen LogP contribution in [0.15, 0.2) is 91.5 Å². The van der Waals surface area contributed by atoms with Crippen LogP contribution >= 0.6 is 0 Å². The fourth-order valence-corrected chi connectivity index (χ4v) is 6.48. The summed E-state index contributed by atoms with van der Waals surface area (Å²) >= 11 is 0. The van der Waals surface area contributed by atoms with Crippen molar-refractivity contribution in [2.45, 2.75) is 49.8 Å². The molecule has 0 unspecified atom stereocenters. The molecule has 2 aromatic carbocycles. The largest absolute Gasteiger partial charge is 0.387 e. The van der Waals surface area contributed by atoms with E-state index in [-0.39, 0.29) is 12.0 Å². The van der Waals surface area contributed by atoms with Crippen LogP contribution in [0.3, 0.4) is 0 Å². The summed E-state index contributed by atoms with van der Waals surface area (Å²) in [6.45, 7) is 4.06. The van der Waals surface area contributed by atoms with Gasteiger partial charge < -0.3 is 35.8 Å². The Bertz CT molecular complexity index is 1790. The number of aliphatic hydroxyl groups excluding tert-OH is 2. The number of nitrogens with zero attached hydrogens (tertiary/aromatic N) is 6. The summed E-state index contributed by atoms with van der Waals surface area (Å²) in [5, 5.41) is 31.6. The molecule has 2 saturated heterocycles. The Morgan fingerprint density at radius 1 is 0.979 bits per heavy atom. The number of hydrogen-bond acceptors (Lipinski definition) is 11. The predicted octanol–water partition coefficient (Wildman–Crippen LogP) is 2.91. The Morgan fingerprint density at radius 3 is 2.38 bits per heavy atom. The minimum absolute atomic E-state index is 0.0247. The Balaban J connectivity index is 1.23. The van der Waals surface area contributed by atoms with Crippen molar-refractivity contribution in [3.8, 4) is 0 Å². The molecule has 5 aromatic rings. The van der Waals surface area contributed by atoms with Gasteiger partial charge in [-0.2, -0.15) is 9.97 Å². The number of aliphatic hydroxyl groups is 2. The van der Waals surface area contributed by atoms with Crippen molar-refractivity contribution in [1.29, 1.82) is 0 Å². The highest BCUT2D eigenvalue weighted by Crippen LogP contribution is 2.34. The number of likely N-dealkylation sites (N-methyl/N-ethyl adjacent to an activating group) is 1. The van der Waals surface area contributed by atoms with Gasteiger partial charge in [0.2, 0.25) is 5.95 Å². The second-order valence-corrected chi connectivity index (χ2v) is 12.1. The molecule has 0 radical (unpaired) electrons. The number of amides is 1. The summed E-state index contributed by atoms with van der Waals surface area (Å²) in [5.74, 6) is 0.558. The van der Waals surface area contributed by atoms with Crippen LogP contribution in [0, 0.1) is 0 Å². The van der Waals surface area contributed by atoms with Crippen molar-refractivity contribution in [3.63, 3.8) is 0 Å². The zero-order valence-electron chi connectivity index (χ0n) is 26.6. The Morgan fingerprint density at radius 2 is 1.69 bits per heavy atom. The van der Waals surface area contributed by atoms with Crippen LogP contribution in [0.4, 0.5) is 17.5 Å². The van der Waals surface area contributed by atoms with Crippen molar-refractivity contribution >= 4 is 34.5 Å². The number of pyridine rings is 1. The quantitative estimate of drug-likeness (QED) is 0.143. The number of fused-ring (bicyclic) bond motifs is 1. The highest BCUT2D eigenvalue weighted by atomic mass is 16.6. The fraction of sp³-hybridized carbons (Fsp3) is 0.343. The van der Waals surface area contributed by atoms with Crippen molar-refractivity contribution in [1.82, 2.24) is 29.8 Å². The predicted molar refractivity (Wildman–Crippen MR) is 182 cm³/mol. The van der Waals surface area contributed by atoms with Crippen LogP contribution < -0.4 is 20.9 Å². The van der Waals surface area contributed by atoms with E-state index in [2.05, 4.69) is 55.1 Å². The highest BCUT2D eigenvalue weighted by molar-refractivity contribution is 5.85. The number of ether oxygens (including phenoxy) is 1. The van der Waals surface area contributed by atoms with Crippen LogP contribution in [0.25, 0.3) is 11.2 Å². The van der Waals surface area contributed by atoms with Crippen LogP contribution in [-0.4, -0.2) is 91.2 Å². The molecule has 0 aliphatic carbocycles. The number of nitrogens with one attached hydrogen (secondary N) is 3. The lowest BCUT2D eigenvalue weighted by atomic mass is 9.91. The number of rotatable bonds is 11. The van der Waals surface area contributed by atoms with Crippen LogP contribution in [0.1, 0.15) is 36.6 Å². The van der Waals surface area contributed by atoms with Crippen molar-refractivity contribution in [2.75, 3.05) is 41.7 Å². The van der Waals surface area contributed by atoms with Gasteiger partial charge in [0, 0.05) is 56.2 Å². The second-order valence-electron chi connectivity index (χ2n) is 12.1. The van der Waals surface area contributed by atoms with Gasteiger partial charge >= 0.3 is 0 Å². The molecule has 0 saturated carbocycles. The average molecular weight is 650 g/mol. The molecule has 248 valence electrons. The molecule has 5 N–H and O–H groups in total. The molecule has 5 heterocycles. The van der Waals surface area contributed by atoms with E-state index in [1.165, 1.54) is 6.33 Å². The summed E-state index contributed by atoms with van der Waals surface area (Å²) < 4.78 is 7.53. The minimum Gasteiger partial charge on any atom is -0.387 e. The average Bonchev–Trinajstić information content (AvgIpc) is 3.84. The molecule has 3 aromatic heterocycles. The van der Waals surface area contributed by atoms with E-state index in [0.717, 1.165) is 29.8 Å². The number of imidazole rings is 1. The molecule has 13 heteroatoms. The van der Waals surface area contributed by atoms with Gasteiger partial charge in [0.05, 0.1) is 6.33 Å². The smallest absolute Gasteiger partial charge is 0.252 e. The maximum absolute atomic E-state index is 12.6. The van der Waals surface area contributed by atoms with Gasteiger partial charge in [-0.15, -0.1) is 0 Å². The molecule has 5 atom stereocenters. The van der Waals surface area contributed by atoms with Crippen molar-refractivity contribution in [3.05, 3.63) is 103 Å². The number of aromatic nitrogens is 5. The topological polar surface area (TPSA) is 163 Å². The molecule has 13 nitrogen and oxygen atoms in total. The first-order valence-corrected chi connectivity index (χ1v) is 16.3. The lowest BCUT2D eigenvalue weighted by molar-refractivity contribution is -0.137. The normalized spacial score (nSPS) is 22.3. The van der Waals surface area contributed by atoms with E-state index in [1.807, 2.05) is 48.5 Å². The first-order valence-electron chi connectivity index (χ1n) is 16.3. The summed E-state index contributed by atoms with van der Waals surface area (Å²) in [4.78, 5) is 33.4. The van der Waals surface area contributed by atoms with E-state index >= 15 is 0 Å². The number of carbonyl (C=O) groups is 1. The summed E-state index contributed by atoms with van der Waals surface area (Å²) in [6, 6.07) is 24.7. The molecule has 2 fully saturated rings. The molecule has 0 spiro atoms. The van der Waals surface area contributed by atoms with Gasteiger partial charge in [-0.25, -0.2) is 4.98 Å². The van der Waals surface area contributed by atoms with Crippen LogP contribution in [0.5, 0.6) is 0 Å². The number of benzene rings is 2. The second kappa shape index (κ2) is 13.9. The van der Waals surface area contributed by atoms with Crippen LogP contribution in [0.2, 0.25) is 0 Å². The molecule has 48 heavy (non-hydrogen) atoms. The van der Waals surface area contributed by atoms with Crippen LogP contribution in [-0.2, 0) is 9.53 Å². The highest BCUT2D eigenvalue weighted by Gasteiger charge is 2.47. The molecular formula is C35H39N9O4. The fourth-order valence-electron chi connectivity index (χ4n) is 6.48. The van der Waals surface area contributed by atoms with Gasteiger partial charge in [0.25, 0.3) is 5.91 Å². The zero-order valence-corrected chi connectivity index (χ0v) is 26.6. The Hall–Kier alpha value is -5.11. The first-order chi connectivity index (χ1) is 23.5. The monoisotopic (exact) mass is 649 g/mol. The molecule has 1 amide bonds. The number of carbonyl (C=O) groups excluding carboxylic acids is 1. The Labute approximate surface area is 278 Å². The van der Waals surface area contributed by atoms with Gasteiger partial charge in [-0.1, -0.05) is 60.7 Å².